The van der Waals surface area contributed by atoms with E-state index in [0.717, 1.165) is 47.9 Å². The van der Waals surface area contributed by atoms with Crippen LogP contribution in [-0.4, -0.2) is 10.2 Å². The van der Waals surface area contributed by atoms with Crippen molar-refractivity contribution in [2.75, 3.05) is 0 Å². The lowest BCUT2D eigenvalue weighted by Gasteiger charge is -2.28. The highest BCUT2D eigenvalue weighted by molar-refractivity contribution is 5.53. The minimum atomic E-state index is -0.136. The molecule has 2 aromatic rings. The van der Waals surface area contributed by atoms with E-state index in [-0.39, 0.29) is 16.7 Å². The highest BCUT2D eigenvalue weighted by atomic mass is 16.3. The molecule has 0 saturated carbocycles. The van der Waals surface area contributed by atoms with Crippen LogP contribution in [-0.2, 0) is 10.8 Å². The van der Waals surface area contributed by atoms with Crippen molar-refractivity contribution in [3.63, 3.8) is 0 Å². The smallest absolute Gasteiger partial charge is 0.123 e. The van der Waals surface area contributed by atoms with Gasteiger partial charge in [0.15, 0.2) is 0 Å². The summed E-state index contributed by atoms with van der Waals surface area (Å²) in [6.45, 7) is 14.9. The normalized spacial score (nSPS) is 12.6. The van der Waals surface area contributed by atoms with Gasteiger partial charge in [-0.3, -0.25) is 0 Å². The van der Waals surface area contributed by atoms with E-state index in [0.29, 0.717) is 11.5 Å². The minimum Gasteiger partial charge on any atom is -0.507 e. The number of phenols is 2. The summed E-state index contributed by atoms with van der Waals surface area (Å²) in [7, 11) is 0. The van der Waals surface area contributed by atoms with Gasteiger partial charge in [-0.15, -0.1) is 0 Å². The van der Waals surface area contributed by atoms with Gasteiger partial charge in [-0.25, -0.2) is 0 Å². The van der Waals surface area contributed by atoms with Gasteiger partial charge in [0.1, 0.15) is 11.5 Å². The molecule has 0 spiro atoms. The Morgan fingerprint density at radius 2 is 1.14 bits per heavy atom. The molecule has 28 heavy (non-hydrogen) atoms. The van der Waals surface area contributed by atoms with Gasteiger partial charge in [0.05, 0.1) is 0 Å². The monoisotopic (exact) mass is 382 g/mol. The van der Waals surface area contributed by atoms with Gasteiger partial charge in [0.2, 0.25) is 0 Å². The molecule has 0 aliphatic rings. The number of hydrogen-bond donors (Lipinski definition) is 2. The number of aromatic hydroxyl groups is 2. The van der Waals surface area contributed by atoms with Crippen LogP contribution in [0, 0.1) is 0 Å². The van der Waals surface area contributed by atoms with Crippen LogP contribution in [0.15, 0.2) is 36.4 Å². The van der Waals surface area contributed by atoms with E-state index < -0.39 is 0 Å². The molecule has 0 unspecified atom stereocenters. The first-order valence-corrected chi connectivity index (χ1v) is 10.6. The number of hydrogen-bond acceptors (Lipinski definition) is 2. The molecule has 0 aromatic heterocycles. The molecule has 0 atom stereocenters. The third-order valence-corrected chi connectivity index (χ3v) is 5.60. The van der Waals surface area contributed by atoms with Crippen LogP contribution in [0.2, 0.25) is 0 Å². The second-order valence-electron chi connectivity index (χ2n) is 10.0. The Hall–Kier alpha value is -1.96. The third-order valence-electron chi connectivity index (χ3n) is 5.60. The lowest BCUT2D eigenvalue weighted by molar-refractivity contribution is 0.424. The van der Waals surface area contributed by atoms with Crippen LogP contribution in [0.3, 0.4) is 0 Å². The highest BCUT2D eigenvalue weighted by Crippen LogP contribution is 2.45. The standard InChI is InChI=1S/C26H38O2/c1-8-9-10-13-18(19-14-11-16-21(23(19)27)25(2,3)4)20-15-12-17-22(24(20)28)26(5,6)7/h11-12,14-18,27-28H,8-10,13H2,1-7H3. The molecule has 2 N–H and O–H groups in total. The molecule has 2 heteroatoms. The Kier molecular flexibility index (Phi) is 6.85. The lowest BCUT2D eigenvalue weighted by Crippen LogP contribution is -2.15. The van der Waals surface area contributed by atoms with E-state index >= 15 is 0 Å². The van der Waals surface area contributed by atoms with Crippen molar-refractivity contribution in [3.05, 3.63) is 58.7 Å². The van der Waals surface area contributed by atoms with Crippen molar-refractivity contribution in [2.24, 2.45) is 0 Å². The Morgan fingerprint density at radius 3 is 1.50 bits per heavy atom. The van der Waals surface area contributed by atoms with Gasteiger partial charge in [0.25, 0.3) is 0 Å². The topological polar surface area (TPSA) is 40.5 Å². The van der Waals surface area contributed by atoms with Crippen LogP contribution < -0.4 is 0 Å². The highest BCUT2D eigenvalue weighted by Gasteiger charge is 2.28. The van der Waals surface area contributed by atoms with Crippen molar-refractivity contribution >= 4 is 0 Å². The van der Waals surface area contributed by atoms with Gasteiger partial charge in [-0.1, -0.05) is 104 Å². The van der Waals surface area contributed by atoms with Gasteiger partial charge >= 0.3 is 0 Å². The lowest BCUT2D eigenvalue weighted by atomic mass is 9.78. The Morgan fingerprint density at radius 1 is 0.714 bits per heavy atom. The molecule has 0 aliphatic heterocycles. The first-order valence-electron chi connectivity index (χ1n) is 10.6. The zero-order valence-corrected chi connectivity index (χ0v) is 18.8. The summed E-state index contributed by atoms with van der Waals surface area (Å²) in [6, 6.07) is 12.1. The zero-order chi connectivity index (χ0) is 21.1. The summed E-state index contributed by atoms with van der Waals surface area (Å²) < 4.78 is 0. The van der Waals surface area contributed by atoms with Crippen molar-refractivity contribution in [1.82, 2.24) is 0 Å². The van der Waals surface area contributed by atoms with Crippen LogP contribution in [0.4, 0.5) is 0 Å². The summed E-state index contributed by atoms with van der Waals surface area (Å²) in [5.41, 5.74) is 3.48. The quantitative estimate of drug-likeness (QED) is 0.511. The van der Waals surface area contributed by atoms with Crippen LogP contribution in [0.1, 0.15) is 102 Å². The average molecular weight is 383 g/mol. The summed E-state index contributed by atoms with van der Waals surface area (Å²) in [5.74, 6) is 0.727. The molecule has 2 nitrogen and oxygen atoms in total. The number of para-hydroxylation sites is 2. The first-order chi connectivity index (χ1) is 13.0. The van der Waals surface area contributed by atoms with Crippen molar-refractivity contribution in [2.45, 2.75) is 90.9 Å². The van der Waals surface area contributed by atoms with Crippen molar-refractivity contribution < 1.29 is 10.2 Å². The molecule has 2 rings (SSSR count). The molecule has 0 fully saturated rings. The second-order valence-corrected chi connectivity index (χ2v) is 10.0. The molecule has 2 aromatic carbocycles. The second kappa shape index (κ2) is 8.59. The molecule has 0 saturated heterocycles. The molecule has 0 aliphatic carbocycles. The Bertz CT molecular complexity index is 728. The fourth-order valence-electron chi connectivity index (χ4n) is 3.97. The predicted molar refractivity (Wildman–Crippen MR) is 120 cm³/mol. The van der Waals surface area contributed by atoms with Crippen molar-refractivity contribution in [3.8, 4) is 11.5 Å². The number of unbranched alkanes of at least 4 members (excludes halogenated alkanes) is 2. The third kappa shape index (κ3) is 4.90. The Labute approximate surface area is 171 Å². The van der Waals surface area contributed by atoms with E-state index in [1.165, 1.54) is 0 Å². The average Bonchev–Trinajstić information content (AvgIpc) is 2.58. The number of rotatable bonds is 6. The van der Waals surface area contributed by atoms with E-state index in [9.17, 15) is 10.2 Å². The van der Waals surface area contributed by atoms with Crippen LogP contribution >= 0.6 is 0 Å². The summed E-state index contributed by atoms with van der Waals surface area (Å²) in [4.78, 5) is 0. The maximum absolute atomic E-state index is 11.2. The van der Waals surface area contributed by atoms with E-state index in [1.54, 1.807) is 0 Å². The molecule has 0 bridgehead atoms. The molecular weight excluding hydrogens is 344 g/mol. The molecule has 0 heterocycles. The fourth-order valence-corrected chi connectivity index (χ4v) is 3.97. The Balaban J connectivity index is 2.63. The zero-order valence-electron chi connectivity index (χ0n) is 18.8. The fraction of sp³-hybridized carbons (Fsp3) is 0.538. The summed E-state index contributed by atoms with van der Waals surface area (Å²) >= 11 is 0. The SMILES string of the molecule is CCCCCC(c1cccc(C(C)(C)C)c1O)c1cccc(C(C)(C)C)c1O. The number of benzene rings is 2. The summed E-state index contributed by atoms with van der Waals surface area (Å²) in [6.07, 6.45) is 4.28. The van der Waals surface area contributed by atoms with E-state index in [2.05, 4.69) is 48.5 Å². The predicted octanol–water partition coefficient (Wildman–Crippen LogP) is 7.41. The van der Waals surface area contributed by atoms with Gasteiger partial charge < -0.3 is 10.2 Å². The van der Waals surface area contributed by atoms with E-state index in [1.807, 2.05) is 36.4 Å². The maximum Gasteiger partial charge on any atom is 0.123 e. The summed E-state index contributed by atoms with van der Waals surface area (Å²) in [5, 5.41) is 22.3. The van der Waals surface area contributed by atoms with Gasteiger partial charge in [-0.05, 0) is 28.4 Å². The minimum absolute atomic E-state index is 0.0175. The van der Waals surface area contributed by atoms with Gasteiger partial charge in [0, 0.05) is 17.0 Å². The van der Waals surface area contributed by atoms with Crippen LogP contribution in [0.5, 0.6) is 11.5 Å². The molecular formula is C26H38O2. The molecule has 154 valence electrons. The molecule has 0 radical (unpaired) electrons. The van der Waals surface area contributed by atoms with Crippen molar-refractivity contribution in [1.29, 1.82) is 0 Å². The first kappa shape index (κ1) is 22.3. The van der Waals surface area contributed by atoms with E-state index in [4.69, 9.17) is 0 Å². The van der Waals surface area contributed by atoms with Crippen LogP contribution in [0.25, 0.3) is 0 Å². The largest absolute Gasteiger partial charge is 0.507 e. The van der Waals surface area contributed by atoms with Gasteiger partial charge in [-0.2, -0.15) is 0 Å². The number of phenolic OH excluding ortho intramolecular Hbond substituents is 2. The molecule has 0 amide bonds. The maximum atomic E-state index is 11.2.